The largest absolute Gasteiger partial charge is 0.479 e. The van der Waals surface area contributed by atoms with Crippen LogP contribution in [-0.4, -0.2) is 49.5 Å². The van der Waals surface area contributed by atoms with Crippen LogP contribution in [0, 0.1) is 11.7 Å². The number of aryl methyl sites for hydroxylation is 1. The van der Waals surface area contributed by atoms with E-state index in [-0.39, 0.29) is 18.7 Å². The number of hydrogen-bond donors (Lipinski definition) is 2. The molecule has 1 saturated heterocycles. The number of nitrogens with one attached hydrogen (secondary N) is 1. The van der Waals surface area contributed by atoms with Gasteiger partial charge in [-0.2, -0.15) is 0 Å². The number of nitrogens with zero attached hydrogens (tertiary/aromatic N) is 3. The van der Waals surface area contributed by atoms with Gasteiger partial charge < -0.3 is 19.7 Å². The van der Waals surface area contributed by atoms with Crippen LogP contribution in [0.4, 0.5) is 9.52 Å². The van der Waals surface area contributed by atoms with Crippen molar-refractivity contribution in [1.82, 2.24) is 14.5 Å². The number of imidazole rings is 1. The van der Waals surface area contributed by atoms with Gasteiger partial charge in [-0.05, 0) is 24.3 Å². The van der Waals surface area contributed by atoms with Crippen molar-refractivity contribution in [3.63, 3.8) is 0 Å². The number of carbonyl (C=O) groups is 3. The van der Waals surface area contributed by atoms with E-state index >= 15 is 0 Å². The summed E-state index contributed by atoms with van der Waals surface area (Å²) < 4.78 is 19.8. The molecule has 2 aromatic heterocycles. The average Bonchev–Trinajstić information content (AvgIpc) is 3.28. The van der Waals surface area contributed by atoms with Crippen LogP contribution in [0.3, 0.4) is 0 Å². The minimum atomic E-state index is -1.20. The Hall–Kier alpha value is -3.44. The zero-order valence-corrected chi connectivity index (χ0v) is 17.7. The number of thiazole rings is 1. The van der Waals surface area contributed by atoms with Gasteiger partial charge in [0.05, 0.1) is 23.6 Å². The maximum absolute atomic E-state index is 13.1. The lowest BCUT2D eigenvalue weighted by Crippen LogP contribution is -2.29. The highest BCUT2D eigenvalue weighted by molar-refractivity contribution is 7.14. The van der Waals surface area contributed by atoms with Gasteiger partial charge in [0, 0.05) is 37.0 Å². The molecule has 32 heavy (non-hydrogen) atoms. The normalized spacial score (nSPS) is 18.2. The fourth-order valence-electron chi connectivity index (χ4n) is 3.28. The molecule has 1 aliphatic rings. The van der Waals surface area contributed by atoms with Gasteiger partial charge in [0.1, 0.15) is 5.82 Å². The van der Waals surface area contributed by atoms with Gasteiger partial charge in [0.15, 0.2) is 23.1 Å². The van der Waals surface area contributed by atoms with Gasteiger partial charge >= 0.3 is 5.97 Å². The van der Waals surface area contributed by atoms with Crippen molar-refractivity contribution in [1.29, 1.82) is 0 Å². The topological polar surface area (TPSA) is 127 Å². The fraction of sp³-hybridized carbons (Fsp3) is 0.286. The number of aliphatic carboxylic acids is 1. The monoisotopic (exact) mass is 458 g/mol. The summed E-state index contributed by atoms with van der Waals surface area (Å²) in [7, 11) is 1.79. The molecule has 1 fully saturated rings. The van der Waals surface area contributed by atoms with E-state index in [0.29, 0.717) is 22.1 Å². The molecule has 11 heteroatoms. The number of aromatic nitrogens is 3. The Labute approximate surface area is 185 Å². The third-order valence-corrected chi connectivity index (χ3v) is 5.72. The summed E-state index contributed by atoms with van der Waals surface area (Å²) in [6.07, 6.45) is 1.15. The van der Waals surface area contributed by atoms with Crippen molar-refractivity contribution in [3.05, 3.63) is 53.7 Å². The van der Waals surface area contributed by atoms with Crippen LogP contribution in [-0.2, 0) is 32.6 Å². The summed E-state index contributed by atoms with van der Waals surface area (Å²) in [6, 6.07) is 5.83. The molecular weight excluding hydrogens is 439 g/mol. The van der Waals surface area contributed by atoms with Crippen LogP contribution in [0.15, 0.2) is 42.2 Å². The van der Waals surface area contributed by atoms with Crippen molar-refractivity contribution >= 4 is 34.1 Å². The minimum Gasteiger partial charge on any atom is -0.479 e. The number of hydrogen-bond acceptors (Lipinski definition) is 7. The average molecular weight is 458 g/mol. The Balaban J connectivity index is 1.46. The molecule has 1 amide bonds. The number of anilines is 1. The Morgan fingerprint density at radius 2 is 2.03 bits per heavy atom. The van der Waals surface area contributed by atoms with Crippen LogP contribution in [0.1, 0.15) is 12.1 Å². The molecule has 0 spiro atoms. The number of rotatable bonds is 9. The third-order valence-electron chi connectivity index (χ3n) is 4.96. The number of benzene rings is 1. The number of carbonyl (C=O) groups excluding carboxylic acids is 2. The number of halogens is 1. The number of amides is 1. The highest BCUT2D eigenvalue weighted by Gasteiger charge is 2.50. The van der Waals surface area contributed by atoms with Crippen molar-refractivity contribution in [2.75, 3.05) is 5.32 Å². The number of Topliss-reactive ketones (excluding diaryl/α,β-unsaturated/α-hetero) is 1. The van der Waals surface area contributed by atoms with Crippen molar-refractivity contribution in [3.8, 4) is 11.3 Å². The van der Waals surface area contributed by atoms with E-state index in [4.69, 9.17) is 9.84 Å². The zero-order valence-electron chi connectivity index (χ0n) is 16.9. The summed E-state index contributed by atoms with van der Waals surface area (Å²) in [5.41, 5.74) is 1.91. The molecule has 0 saturated carbocycles. The summed E-state index contributed by atoms with van der Waals surface area (Å²) in [5, 5.41) is 13.7. The van der Waals surface area contributed by atoms with E-state index in [9.17, 15) is 18.8 Å². The van der Waals surface area contributed by atoms with Gasteiger partial charge in [-0.1, -0.05) is 0 Å². The summed E-state index contributed by atoms with van der Waals surface area (Å²) in [4.78, 5) is 45.0. The van der Waals surface area contributed by atoms with Gasteiger partial charge in [0.2, 0.25) is 5.91 Å². The van der Waals surface area contributed by atoms with Gasteiger partial charge in [-0.15, -0.1) is 11.3 Å². The third kappa shape index (κ3) is 5.06. The zero-order chi connectivity index (χ0) is 22.8. The van der Waals surface area contributed by atoms with Gasteiger partial charge in [-0.25, -0.2) is 19.2 Å². The molecule has 0 radical (unpaired) electrons. The Kier molecular flexibility index (Phi) is 6.10. The van der Waals surface area contributed by atoms with Crippen molar-refractivity contribution < 1.29 is 28.6 Å². The first-order valence-corrected chi connectivity index (χ1v) is 10.6. The van der Waals surface area contributed by atoms with Crippen molar-refractivity contribution in [2.24, 2.45) is 13.0 Å². The Bertz CT molecular complexity index is 1160. The molecule has 1 aliphatic heterocycles. The lowest BCUT2D eigenvalue weighted by atomic mass is 9.94. The summed E-state index contributed by atoms with van der Waals surface area (Å²) in [5.74, 6) is -3.22. The van der Waals surface area contributed by atoms with Crippen LogP contribution >= 0.6 is 11.3 Å². The van der Waals surface area contributed by atoms with Crippen LogP contribution < -0.4 is 5.32 Å². The molecule has 3 aromatic rings. The molecular formula is C21H19FN4O5S. The molecule has 1 aromatic carbocycles. The lowest BCUT2D eigenvalue weighted by Gasteiger charge is -2.14. The Morgan fingerprint density at radius 3 is 2.66 bits per heavy atom. The minimum absolute atomic E-state index is 0.187. The van der Waals surface area contributed by atoms with E-state index < -0.39 is 35.8 Å². The molecule has 9 nitrogen and oxygen atoms in total. The number of ether oxygens (including phenoxy) is 1. The van der Waals surface area contributed by atoms with E-state index in [1.165, 1.54) is 23.5 Å². The molecule has 4 rings (SSSR count). The van der Waals surface area contributed by atoms with Gasteiger partial charge in [0.25, 0.3) is 0 Å². The first-order chi connectivity index (χ1) is 15.3. The second kappa shape index (κ2) is 8.97. The van der Waals surface area contributed by atoms with E-state index in [2.05, 4.69) is 15.3 Å². The van der Waals surface area contributed by atoms with Crippen LogP contribution in [0.5, 0.6) is 0 Å². The summed E-state index contributed by atoms with van der Waals surface area (Å²) >= 11 is 1.20. The van der Waals surface area contributed by atoms with E-state index in [1.54, 1.807) is 41.7 Å². The molecule has 0 unspecified atom stereocenters. The lowest BCUT2D eigenvalue weighted by molar-refractivity contribution is -0.138. The van der Waals surface area contributed by atoms with Crippen LogP contribution in [0.2, 0.25) is 0 Å². The summed E-state index contributed by atoms with van der Waals surface area (Å²) in [6.45, 7) is 0. The second-order valence-electron chi connectivity index (χ2n) is 7.45. The predicted octanol–water partition coefficient (Wildman–Crippen LogP) is 2.29. The molecule has 0 bridgehead atoms. The van der Waals surface area contributed by atoms with Gasteiger partial charge in [-0.3, -0.25) is 9.59 Å². The predicted molar refractivity (Wildman–Crippen MR) is 112 cm³/mol. The maximum atomic E-state index is 13.1. The Morgan fingerprint density at radius 1 is 1.28 bits per heavy atom. The molecule has 3 heterocycles. The fourth-order valence-corrected chi connectivity index (χ4v) is 4.00. The number of carboxylic acid groups (broad SMARTS) is 1. The first kappa shape index (κ1) is 21.8. The highest BCUT2D eigenvalue weighted by Crippen LogP contribution is 2.28. The number of epoxide rings is 1. The van der Waals surface area contributed by atoms with Crippen LogP contribution in [0.25, 0.3) is 11.3 Å². The smallest absolute Gasteiger partial charge is 0.336 e. The van der Waals surface area contributed by atoms with Crippen molar-refractivity contribution in [2.45, 2.75) is 25.0 Å². The first-order valence-electron chi connectivity index (χ1n) is 9.70. The van der Waals surface area contributed by atoms with E-state index in [0.717, 1.165) is 0 Å². The molecule has 2 N–H and O–H groups in total. The number of carboxylic acids is 1. The molecule has 3 atom stereocenters. The highest BCUT2D eigenvalue weighted by atomic mass is 32.1. The standard InChI is InChI=1S/C21H19FN4O5S/c1-26-8-14(23-10-26)6-12(7-16(27)17-18(31-17)20(29)30)19(28)25-21-24-15(9-32-21)11-2-4-13(22)5-3-11/h2-5,8-10,12,17-18H,6-7H2,1H3,(H,29,30)(H,24,25,28)/t12-,17-,18+/m1/s1. The molecule has 166 valence electrons. The second-order valence-corrected chi connectivity index (χ2v) is 8.31. The van der Waals surface area contributed by atoms with E-state index in [1.807, 2.05) is 0 Å². The molecule has 0 aliphatic carbocycles. The maximum Gasteiger partial charge on any atom is 0.336 e. The number of ketones is 1. The SMILES string of the molecule is Cn1cnc(C[C@H](CC(=O)[C@H]2O[C@@H]2C(=O)O)C(=O)Nc2nc(-c3ccc(F)cc3)cs2)c1. The quantitative estimate of drug-likeness (QED) is 0.471.